The minimum Gasteiger partial charge on any atom is -0.431 e. The monoisotopic (exact) mass is 524 g/mol. The average Bonchev–Trinajstić information content (AvgIpc) is 3.54. The van der Waals surface area contributed by atoms with Crippen molar-refractivity contribution in [2.75, 3.05) is 7.11 Å². The lowest BCUT2D eigenvalue weighted by atomic mass is 9.40. The maximum Gasteiger partial charge on any atom is 0.335 e. The van der Waals surface area contributed by atoms with Crippen molar-refractivity contribution in [2.24, 2.45) is 34.0 Å². The largest absolute Gasteiger partial charge is 0.431 e. The lowest BCUT2D eigenvalue weighted by Gasteiger charge is -2.64. The van der Waals surface area contributed by atoms with E-state index >= 15 is 0 Å². The lowest BCUT2D eigenvalue weighted by molar-refractivity contribution is -0.219. The Hall–Kier alpha value is -0.920. The number of fused-ring (bicyclic) bond motifs is 7. The third-order valence-corrected chi connectivity index (χ3v) is 11.8. The first-order valence-corrected chi connectivity index (χ1v) is 13.5. The Balaban J connectivity index is 1.44. The standard InChI is InChI=1S/C27H34Cl2O6/c1-23(2)17-7-6-16-15(25(17,13-30)22-19(35-22)21(23)33-4)9-10-24(3)20(14-5-8-18(31)34-11-14)27(28,29)12-26(16,24)32/h5,8,11,13,15-17,19-22,32H,6-7,9-10,12H2,1-4H3/t15?,16?,17?,19-,20-,21+,22-,24-,25-,26+/m1/s1. The second kappa shape index (κ2) is 7.35. The Kier molecular flexibility index (Phi) is 5.12. The number of halogens is 2. The number of hydrogen-bond acceptors (Lipinski definition) is 6. The number of aliphatic hydroxyl groups is 1. The summed E-state index contributed by atoms with van der Waals surface area (Å²) in [4.78, 5) is 24.7. The molecule has 5 aliphatic rings. The first-order valence-electron chi connectivity index (χ1n) is 12.7. The molecule has 4 saturated carbocycles. The molecule has 1 aliphatic heterocycles. The Labute approximate surface area is 215 Å². The molecule has 1 N–H and O–H groups in total. The van der Waals surface area contributed by atoms with Gasteiger partial charge in [-0.2, -0.15) is 0 Å². The average molecular weight is 525 g/mol. The van der Waals surface area contributed by atoms with Crippen LogP contribution in [0.3, 0.4) is 0 Å². The van der Waals surface area contributed by atoms with E-state index in [-0.39, 0.29) is 47.9 Å². The van der Waals surface area contributed by atoms with Crippen molar-refractivity contribution in [3.63, 3.8) is 0 Å². The number of hydrogen-bond donors (Lipinski definition) is 1. The summed E-state index contributed by atoms with van der Waals surface area (Å²) in [6.45, 7) is 6.45. The Morgan fingerprint density at radius 3 is 2.51 bits per heavy atom. The fourth-order valence-corrected chi connectivity index (χ4v) is 10.9. The molecule has 0 radical (unpaired) electrons. The van der Waals surface area contributed by atoms with Crippen LogP contribution in [0.15, 0.2) is 27.6 Å². The molecule has 0 bridgehead atoms. The molecule has 0 spiro atoms. The van der Waals surface area contributed by atoms with E-state index in [1.165, 1.54) is 12.3 Å². The summed E-state index contributed by atoms with van der Waals surface area (Å²) in [6, 6.07) is 3.08. The summed E-state index contributed by atoms with van der Waals surface area (Å²) < 4.78 is 16.0. The zero-order chi connectivity index (χ0) is 25.2. The van der Waals surface area contributed by atoms with Crippen molar-refractivity contribution in [3.8, 4) is 0 Å². The number of rotatable bonds is 3. The minimum absolute atomic E-state index is 0.0273. The van der Waals surface area contributed by atoms with E-state index in [0.29, 0.717) is 6.42 Å². The molecule has 35 heavy (non-hydrogen) atoms. The molecule has 0 aromatic carbocycles. The van der Waals surface area contributed by atoms with E-state index < -0.39 is 32.3 Å². The van der Waals surface area contributed by atoms with Crippen LogP contribution in [0.2, 0.25) is 0 Å². The normalized spacial score (nSPS) is 50.9. The molecule has 4 aliphatic carbocycles. The molecule has 10 atom stereocenters. The summed E-state index contributed by atoms with van der Waals surface area (Å²) >= 11 is 14.0. The number of alkyl halides is 2. The van der Waals surface area contributed by atoms with Crippen LogP contribution in [-0.2, 0) is 14.3 Å². The topological polar surface area (TPSA) is 89.3 Å². The van der Waals surface area contributed by atoms with Crippen molar-refractivity contribution in [1.29, 1.82) is 0 Å². The second-order valence-corrected chi connectivity index (χ2v) is 14.1. The summed E-state index contributed by atoms with van der Waals surface area (Å²) in [7, 11) is 1.73. The smallest absolute Gasteiger partial charge is 0.335 e. The molecule has 8 heteroatoms. The lowest BCUT2D eigenvalue weighted by Crippen LogP contribution is -2.68. The molecule has 2 heterocycles. The molecule has 192 valence electrons. The fraction of sp³-hybridized carbons (Fsp3) is 0.778. The highest BCUT2D eigenvalue weighted by atomic mass is 35.5. The van der Waals surface area contributed by atoms with Gasteiger partial charge < -0.3 is 23.8 Å². The molecule has 3 unspecified atom stereocenters. The third-order valence-electron chi connectivity index (χ3n) is 11.1. The second-order valence-electron chi connectivity index (χ2n) is 12.6. The third kappa shape index (κ3) is 2.84. The van der Waals surface area contributed by atoms with Crippen LogP contribution in [0.1, 0.15) is 64.4 Å². The summed E-state index contributed by atoms with van der Waals surface area (Å²) in [5.41, 5.74) is -2.43. The molecule has 1 aromatic rings. The van der Waals surface area contributed by atoms with E-state index in [9.17, 15) is 14.7 Å². The highest BCUT2D eigenvalue weighted by molar-refractivity contribution is 6.49. The first-order chi connectivity index (χ1) is 16.4. The highest BCUT2D eigenvalue weighted by Gasteiger charge is 2.79. The van der Waals surface area contributed by atoms with E-state index in [1.807, 2.05) is 0 Å². The summed E-state index contributed by atoms with van der Waals surface area (Å²) in [5.74, 6) is -0.475. The van der Waals surface area contributed by atoms with Crippen LogP contribution in [0.25, 0.3) is 0 Å². The van der Waals surface area contributed by atoms with Gasteiger partial charge in [0, 0.05) is 30.9 Å². The van der Waals surface area contributed by atoms with Crippen LogP contribution >= 0.6 is 23.2 Å². The molecule has 1 saturated heterocycles. The van der Waals surface area contributed by atoms with Gasteiger partial charge in [-0.15, -0.1) is 23.2 Å². The van der Waals surface area contributed by atoms with E-state index in [2.05, 4.69) is 20.8 Å². The van der Waals surface area contributed by atoms with Crippen molar-refractivity contribution in [2.45, 2.75) is 87.0 Å². The van der Waals surface area contributed by atoms with Crippen LogP contribution in [-0.4, -0.2) is 46.7 Å². The van der Waals surface area contributed by atoms with Crippen molar-refractivity contribution in [3.05, 3.63) is 34.4 Å². The molecule has 5 fully saturated rings. The van der Waals surface area contributed by atoms with Crippen LogP contribution in [0, 0.1) is 34.0 Å². The number of carbonyl (C=O) groups excluding carboxylic acids is 1. The molecular formula is C27H34Cl2O6. The maximum atomic E-state index is 13.1. The summed E-state index contributed by atoms with van der Waals surface area (Å²) in [5, 5.41) is 12.6. The van der Waals surface area contributed by atoms with E-state index in [1.54, 1.807) is 13.2 Å². The zero-order valence-corrected chi connectivity index (χ0v) is 22.1. The van der Waals surface area contributed by atoms with Gasteiger partial charge in [-0.05, 0) is 60.5 Å². The quantitative estimate of drug-likeness (QED) is 0.356. The Morgan fingerprint density at radius 2 is 1.89 bits per heavy atom. The van der Waals surface area contributed by atoms with Crippen LogP contribution < -0.4 is 5.63 Å². The number of methoxy groups -OCH3 is 1. The van der Waals surface area contributed by atoms with Crippen molar-refractivity contribution >= 4 is 29.5 Å². The van der Waals surface area contributed by atoms with Gasteiger partial charge in [0.05, 0.1) is 29.5 Å². The van der Waals surface area contributed by atoms with Gasteiger partial charge in [-0.1, -0.05) is 20.8 Å². The fourth-order valence-electron chi connectivity index (χ4n) is 9.80. The Bertz CT molecular complexity index is 1100. The predicted molar refractivity (Wildman–Crippen MR) is 131 cm³/mol. The highest BCUT2D eigenvalue weighted by Crippen LogP contribution is 2.76. The van der Waals surface area contributed by atoms with Crippen LogP contribution in [0.4, 0.5) is 0 Å². The van der Waals surface area contributed by atoms with Gasteiger partial charge in [0.25, 0.3) is 0 Å². The molecule has 6 nitrogen and oxygen atoms in total. The maximum absolute atomic E-state index is 13.1. The van der Waals surface area contributed by atoms with Crippen molar-refractivity contribution < 1.29 is 23.8 Å². The number of epoxide rings is 1. The van der Waals surface area contributed by atoms with Gasteiger partial charge in [0.15, 0.2) is 0 Å². The zero-order valence-electron chi connectivity index (χ0n) is 20.6. The van der Waals surface area contributed by atoms with E-state index in [4.69, 9.17) is 37.1 Å². The van der Waals surface area contributed by atoms with Crippen molar-refractivity contribution in [1.82, 2.24) is 0 Å². The van der Waals surface area contributed by atoms with Gasteiger partial charge >= 0.3 is 5.63 Å². The molecular weight excluding hydrogens is 491 g/mol. The molecule has 0 amide bonds. The van der Waals surface area contributed by atoms with Gasteiger partial charge in [0.1, 0.15) is 16.7 Å². The van der Waals surface area contributed by atoms with Gasteiger partial charge in [-0.3, -0.25) is 0 Å². The number of ether oxygens (including phenoxy) is 2. The van der Waals surface area contributed by atoms with Gasteiger partial charge in [0.2, 0.25) is 0 Å². The minimum atomic E-state index is -1.24. The number of aldehydes is 1. The first kappa shape index (κ1) is 24.4. The molecule has 1 aromatic heterocycles. The number of carbonyl (C=O) groups is 1. The summed E-state index contributed by atoms with van der Waals surface area (Å²) in [6.07, 6.45) is 5.48. The van der Waals surface area contributed by atoms with E-state index in [0.717, 1.165) is 31.1 Å². The predicted octanol–water partition coefficient (Wildman–Crippen LogP) is 4.48. The van der Waals surface area contributed by atoms with Crippen LogP contribution in [0.5, 0.6) is 0 Å². The Morgan fingerprint density at radius 1 is 1.14 bits per heavy atom. The van der Waals surface area contributed by atoms with Gasteiger partial charge in [-0.25, -0.2) is 4.79 Å². The SMILES string of the molecule is CO[C@H]1[C@H]2O[C@H]2[C@]2(C=O)C3CC[C@]4(C)[C@@H](c5ccc(=O)oc5)C(Cl)(Cl)C[C@]4(O)C3CCC2C1(C)C. The molecule has 6 rings (SSSR count).